The Balaban J connectivity index is 3.11. The van der Waals surface area contributed by atoms with Gasteiger partial charge < -0.3 is 0 Å². The highest BCUT2D eigenvalue weighted by Crippen LogP contribution is 2.15. The third kappa shape index (κ3) is 3.52. The van der Waals surface area contributed by atoms with Crippen LogP contribution in [0.3, 0.4) is 0 Å². The van der Waals surface area contributed by atoms with E-state index in [0.717, 1.165) is 5.41 Å². The molecule has 3 nitrogen and oxygen atoms in total. The van der Waals surface area contributed by atoms with Crippen molar-refractivity contribution in [3.8, 4) is 6.07 Å². The van der Waals surface area contributed by atoms with Gasteiger partial charge in [0.25, 0.3) is 0 Å². The molecule has 0 amide bonds. The zero-order valence-corrected chi connectivity index (χ0v) is 9.87. The smallest absolute Gasteiger partial charge is 0.172 e. The number of sulfone groups is 1. The van der Waals surface area contributed by atoms with Crippen LogP contribution in [0.5, 0.6) is 0 Å². The average molecular weight is 235 g/mol. The number of benzene rings is 1. The van der Waals surface area contributed by atoms with Crippen molar-refractivity contribution in [1.82, 2.24) is 0 Å². The minimum Gasteiger partial charge on any atom is -0.224 e. The third-order valence-corrected chi connectivity index (χ3v) is 3.56. The van der Waals surface area contributed by atoms with Crippen molar-refractivity contribution < 1.29 is 8.42 Å². The predicted molar refractivity (Wildman–Crippen MR) is 64.1 cm³/mol. The molecular weight excluding hydrogens is 222 g/mol. The Labute approximate surface area is 95.9 Å². The summed E-state index contributed by atoms with van der Waals surface area (Å²) < 4.78 is 23.1. The molecule has 16 heavy (non-hydrogen) atoms. The van der Waals surface area contributed by atoms with Crippen LogP contribution >= 0.6 is 0 Å². The van der Waals surface area contributed by atoms with E-state index in [4.69, 9.17) is 5.26 Å². The minimum absolute atomic E-state index is 0.0744. The van der Waals surface area contributed by atoms with Crippen LogP contribution in [0.25, 0.3) is 5.57 Å². The van der Waals surface area contributed by atoms with Gasteiger partial charge in [-0.2, -0.15) is 5.26 Å². The highest BCUT2D eigenvalue weighted by molar-refractivity contribution is 7.94. The molecule has 1 aromatic carbocycles. The number of allylic oxidation sites excluding steroid dienone is 1. The lowest BCUT2D eigenvalue weighted by Crippen LogP contribution is -2.01. The highest BCUT2D eigenvalue weighted by atomic mass is 32.2. The minimum atomic E-state index is -3.28. The molecule has 0 heterocycles. The number of hydrogen-bond acceptors (Lipinski definition) is 3. The van der Waals surface area contributed by atoms with Crippen LogP contribution in [-0.2, 0) is 9.84 Å². The standard InChI is InChI=1S/C12H13NO2S/c1-2-8-16(14,15)10-12(9-13)11-6-4-3-5-7-11/h3-7,10H,2,8H2,1H3/b12-10+. The monoisotopic (exact) mass is 235 g/mol. The summed E-state index contributed by atoms with van der Waals surface area (Å²) in [5.41, 5.74) is 0.818. The summed E-state index contributed by atoms with van der Waals surface area (Å²) in [6.07, 6.45) is 0.548. The van der Waals surface area contributed by atoms with E-state index in [9.17, 15) is 8.42 Å². The fraction of sp³-hybridized carbons (Fsp3) is 0.250. The van der Waals surface area contributed by atoms with E-state index in [0.29, 0.717) is 12.0 Å². The molecule has 0 radical (unpaired) electrons. The molecular formula is C12H13NO2S. The van der Waals surface area contributed by atoms with E-state index in [-0.39, 0.29) is 11.3 Å². The molecule has 1 rings (SSSR count). The number of nitriles is 1. The maximum atomic E-state index is 11.5. The molecule has 0 saturated carbocycles. The molecule has 84 valence electrons. The first-order chi connectivity index (χ1) is 7.59. The summed E-state index contributed by atoms with van der Waals surface area (Å²) in [5.74, 6) is 0.0744. The van der Waals surface area contributed by atoms with Crippen LogP contribution in [0.2, 0.25) is 0 Å². The Kier molecular flexibility index (Phi) is 4.27. The van der Waals surface area contributed by atoms with Gasteiger partial charge in [0.1, 0.15) is 6.07 Å². The normalized spacial score (nSPS) is 12.1. The quantitative estimate of drug-likeness (QED) is 0.753. The van der Waals surface area contributed by atoms with Crippen molar-refractivity contribution in [2.45, 2.75) is 13.3 Å². The SMILES string of the molecule is CCCS(=O)(=O)/C=C(\C#N)c1ccccc1. The van der Waals surface area contributed by atoms with Crippen LogP contribution in [0.15, 0.2) is 35.7 Å². The van der Waals surface area contributed by atoms with Gasteiger partial charge in [-0.15, -0.1) is 0 Å². The summed E-state index contributed by atoms with van der Waals surface area (Å²) in [6, 6.07) is 10.7. The predicted octanol–water partition coefficient (Wildman–Crippen LogP) is 2.38. The van der Waals surface area contributed by atoms with Crippen molar-refractivity contribution in [2.24, 2.45) is 0 Å². The van der Waals surface area contributed by atoms with E-state index in [1.807, 2.05) is 12.1 Å². The first kappa shape index (κ1) is 12.5. The average Bonchev–Trinajstić information content (AvgIpc) is 2.27. The van der Waals surface area contributed by atoms with E-state index in [2.05, 4.69) is 0 Å². The zero-order valence-electron chi connectivity index (χ0n) is 9.05. The maximum Gasteiger partial charge on any atom is 0.172 e. The summed E-state index contributed by atoms with van der Waals surface area (Å²) in [6.45, 7) is 1.79. The van der Waals surface area contributed by atoms with E-state index < -0.39 is 9.84 Å². The fourth-order valence-corrected chi connectivity index (χ4v) is 2.53. The molecule has 0 saturated heterocycles. The molecule has 0 atom stereocenters. The van der Waals surface area contributed by atoms with E-state index in [1.165, 1.54) is 0 Å². The molecule has 0 aliphatic heterocycles. The van der Waals surface area contributed by atoms with E-state index >= 15 is 0 Å². The Hall–Kier alpha value is -1.60. The van der Waals surface area contributed by atoms with Crippen molar-refractivity contribution >= 4 is 15.4 Å². The first-order valence-electron chi connectivity index (χ1n) is 4.99. The molecule has 0 unspecified atom stereocenters. The Bertz CT molecular complexity index is 510. The second kappa shape index (κ2) is 5.47. The van der Waals surface area contributed by atoms with Crippen molar-refractivity contribution in [3.63, 3.8) is 0 Å². The molecule has 0 spiro atoms. The van der Waals surface area contributed by atoms with Gasteiger partial charge in [-0.25, -0.2) is 8.42 Å². The molecule has 0 aromatic heterocycles. The third-order valence-electron chi connectivity index (χ3n) is 1.99. The van der Waals surface area contributed by atoms with Crippen LogP contribution in [-0.4, -0.2) is 14.2 Å². The Morgan fingerprint density at radius 2 is 2.00 bits per heavy atom. The maximum absolute atomic E-state index is 11.5. The summed E-state index contributed by atoms with van der Waals surface area (Å²) in [4.78, 5) is 0. The second-order valence-electron chi connectivity index (χ2n) is 3.38. The lowest BCUT2D eigenvalue weighted by Gasteiger charge is -1.99. The van der Waals surface area contributed by atoms with Crippen molar-refractivity contribution in [2.75, 3.05) is 5.75 Å². The molecule has 0 aliphatic carbocycles. The van der Waals surface area contributed by atoms with Crippen molar-refractivity contribution in [1.29, 1.82) is 5.26 Å². The van der Waals surface area contributed by atoms with Gasteiger partial charge >= 0.3 is 0 Å². The van der Waals surface area contributed by atoms with Gasteiger partial charge in [-0.05, 0) is 12.0 Å². The molecule has 0 bridgehead atoms. The molecule has 0 N–H and O–H groups in total. The summed E-state index contributed by atoms with van der Waals surface area (Å²) in [5, 5.41) is 9.99. The van der Waals surface area contributed by atoms with Gasteiger partial charge in [-0.1, -0.05) is 37.3 Å². The van der Waals surface area contributed by atoms with Gasteiger partial charge in [0.05, 0.1) is 11.3 Å². The fourth-order valence-electron chi connectivity index (χ4n) is 1.30. The topological polar surface area (TPSA) is 57.9 Å². The largest absolute Gasteiger partial charge is 0.224 e. The second-order valence-corrected chi connectivity index (χ2v) is 5.35. The molecule has 0 fully saturated rings. The molecule has 4 heteroatoms. The van der Waals surface area contributed by atoms with Gasteiger partial charge in [-0.3, -0.25) is 0 Å². The van der Waals surface area contributed by atoms with Crippen LogP contribution in [0.4, 0.5) is 0 Å². The number of nitrogens with zero attached hydrogens (tertiary/aromatic N) is 1. The lowest BCUT2D eigenvalue weighted by molar-refractivity contribution is 0.603. The highest BCUT2D eigenvalue weighted by Gasteiger charge is 2.09. The number of hydrogen-bond donors (Lipinski definition) is 0. The molecule has 0 aliphatic rings. The Morgan fingerprint density at radius 1 is 1.38 bits per heavy atom. The summed E-state index contributed by atoms with van der Waals surface area (Å²) in [7, 11) is -3.28. The van der Waals surface area contributed by atoms with Crippen LogP contribution in [0, 0.1) is 11.3 Å². The van der Waals surface area contributed by atoms with Gasteiger partial charge in [0.2, 0.25) is 0 Å². The first-order valence-corrected chi connectivity index (χ1v) is 6.70. The Morgan fingerprint density at radius 3 is 2.50 bits per heavy atom. The lowest BCUT2D eigenvalue weighted by atomic mass is 10.1. The van der Waals surface area contributed by atoms with Crippen molar-refractivity contribution in [3.05, 3.63) is 41.3 Å². The van der Waals surface area contributed by atoms with E-state index in [1.54, 1.807) is 31.2 Å². The number of rotatable bonds is 4. The van der Waals surface area contributed by atoms with Crippen LogP contribution < -0.4 is 0 Å². The van der Waals surface area contributed by atoms with Gasteiger partial charge in [0, 0.05) is 5.41 Å². The van der Waals surface area contributed by atoms with Crippen LogP contribution in [0.1, 0.15) is 18.9 Å². The summed E-state index contributed by atoms with van der Waals surface area (Å²) >= 11 is 0. The molecule has 1 aromatic rings. The zero-order chi connectivity index (χ0) is 12.0. The van der Waals surface area contributed by atoms with Gasteiger partial charge in [0.15, 0.2) is 9.84 Å².